The van der Waals surface area contributed by atoms with Gasteiger partial charge in [0.25, 0.3) is 5.91 Å². The SMILES string of the molecule is CC(C)Oc1ccc(-c2cc(C(=O)Nc3ccc(C4(NCCC(=O)O)CC4)cc3)no2)cc1Cl. The van der Waals surface area contributed by atoms with E-state index >= 15 is 0 Å². The maximum Gasteiger partial charge on any atom is 0.304 e. The molecule has 1 aliphatic rings. The molecule has 1 aliphatic carbocycles. The molecule has 3 aromatic rings. The summed E-state index contributed by atoms with van der Waals surface area (Å²) in [5, 5.41) is 19.3. The Hall–Kier alpha value is -3.36. The third kappa shape index (κ3) is 5.58. The van der Waals surface area contributed by atoms with Crippen molar-refractivity contribution >= 4 is 29.2 Å². The third-order valence-corrected chi connectivity index (χ3v) is 5.86. The Morgan fingerprint density at radius 1 is 1.18 bits per heavy atom. The largest absolute Gasteiger partial charge is 0.489 e. The second kappa shape index (κ2) is 9.87. The number of nitrogens with zero attached hydrogens (tertiary/aromatic N) is 1. The van der Waals surface area contributed by atoms with E-state index in [-0.39, 0.29) is 23.8 Å². The Morgan fingerprint density at radius 2 is 1.91 bits per heavy atom. The van der Waals surface area contributed by atoms with Crippen molar-refractivity contribution < 1.29 is 24.0 Å². The van der Waals surface area contributed by atoms with Crippen LogP contribution >= 0.6 is 11.6 Å². The summed E-state index contributed by atoms with van der Waals surface area (Å²) in [7, 11) is 0. The molecule has 4 rings (SSSR count). The molecular formula is C25H26ClN3O5. The van der Waals surface area contributed by atoms with Gasteiger partial charge in [0.2, 0.25) is 0 Å². The van der Waals surface area contributed by atoms with Crippen LogP contribution in [0.5, 0.6) is 5.75 Å². The lowest BCUT2D eigenvalue weighted by Gasteiger charge is -2.18. The number of aromatic nitrogens is 1. The first kappa shape index (κ1) is 23.8. The van der Waals surface area contributed by atoms with Gasteiger partial charge in [0.1, 0.15) is 5.75 Å². The second-order valence-electron chi connectivity index (χ2n) is 8.57. The number of hydrogen-bond donors (Lipinski definition) is 3. The number of carboxylic acids is 1. The zero-order valence-electron chi connectivity index (χ0n) is 18.9. The monoisotopic (exact) mass is 483 g/mol. The van der Waals surface area contributed by atoms with Crippen LogP contribution < -0.4 is 15.4 Å². The highest BCUT2D eigenvalue weighted by Gasteiger charge is 2.43. The van der Waals surface area contributed by atoms with Crippen molar-refractivity contribution in [3.63, 3.8) is 0 Å². The van der Waals surface area contributed by atoms with Gasteiger partial charge in [0, 0.05) is 29.4 Å². The summed E-state index contributed by atoms with van der Waals surface area (Å²) in [6.07, 6.45) is 1.99. The van der Waals surface area contributed by atoms with Crippen LogP contribution in [0.4, 0.5) is 5.69 Å². The zero-order chi connectivity index (χ0) is 24.3. The Balaban J connectivity index is 1.38. The van der Waals surface area contributed by atoms with Gasteiger partial charge in [-0.3, -0.25) is 9.59 Å². The Kier molecular flexibility index (Phi) is 6.90. The van der Waals surface area contributed by atoms with Gasteiger partial charge in [-0.1, -0.05) is 28.9 Å². The van der Waals surface area contributed by atoms with E-state index in [1.54, 1.807) is 24.3 Å². The molecule has 9 heteroatoms. The van der Waals surface area contributed by atoms with Crippen molar-refractivity contribution in [1.82, 2.24) is 10.5 Å². The Bertz CT molecular complexity index is 1190. The van der Waals surface area contributed by atoms with E-state index in [0.717, 1.165) is 18.4 Å². The second-order valence-corrected chi connectivity index (χ2v) is 8.98. The molecule has 3 N–H and O–H groups in total. The van der Waals surface area contributed by atoms with E-state index in [4.69, 9.17) is 26.0 Å². The first-order valence-corrected chi connectivity index (χ1v) is 11.5. The van der Waals surface area contributed by atoms with Gasteiger partial charge in [0.15, 0.2) is 11.5 Å². The molecule has 1 saturated carbocycles. The van der Waals surface area contributed by atoms with Crippen molar-refractivity contribution in [3.05, 3.63) is 64.8 Å². The third-order valence-electron chi connectivity index (χ3n) is 5.57. The van der Waals surface area contributed by atoms with Crippen LogP contribution in [0.25, 0.3) is 11.3 Å². The highest BCUT2D eigenvalue weighted by molar-refractivity contribution is 6.32. The number of ether oxygens (including phenoxy) is 1. The molecule has 1 heterocycles. The van der Waals surface area contributed by atoms with Crippen LogP contribution in [0.15, 0.2) is 53.1 Å². The number of nitrogens with one attached hydrogen (secondary N) is 2. The fraction of sp³-hybridized carbons (Fsp3) is 0.320. The number of carboxylic acid groups (broad SMARTS) is 1. The summed E-state index contributed by atoms with van der Waals surface area (Å²) in [6, 6.07) is 14.3. The molecule has 178 valence electrons. The van der Waals surface area contributed by atoms with Crippen LogP contribution in [0.3, 0.4) is 0 Å². The molecular weight excluding hydrogens is 458 g/mol. The number of halogens is 1. The molecule has 0 saturated heterocycles. The highest BCUT2D eigenvalue weighted by atomic mass is 35.5. The van der Waals surface area contributed by atoms with Gasteiger partial charge >= 0.3 is 5.97 Å². The number of hydrogen-bond acceptors (Lipinski definition) is 6. The number of carbonyl (C=O) groups is 2. The average Bonchev–Trinajstić information content (AvgIpc) is 3.40. The molecule has 34 heavy (non-hydrogen) atoms. The Labute approximate surface area is 202 Å². The lowest BCUT2D eigenvalue weighted by molar-refractivity contribution is -0.136. The van der Waals surface area contributed by atoms with Crippen molar-refractivity contribution in [1.29, 1.82) is 0 Å². The fourth-order valence-corrected chi connectivity index (χ4v) is 3.92. The lowest BCUT2D eigenvalue weighted by atomic mass is 10.0. The predicted molar refractivity (Wildman–Crippen MR) is 128 cm³/mol. The molecule has 8 nitrogen and oxygen atoms in total. The van der Waals surface area contributed by atoms with E-state index in [1.807, 2.05) is 38.1 Å². The lowest BCUT2D eigenvalue weighted by Crippen LogP contribution is -2.30. The molecule has 0 unspecified atom stereocenters. The van der Waals surface area contributed by atoms with E-state index in [9.17, 15) is 9.59 Å². The highest BCUT2D eigenvalue weighted by Crippen LogP contribution is 2.45. The zero-order valence-corrected chi connectivity index (χ0v) is 19.7. The quantitative estimate of drug-likeness (QED) is 0.368. The van der Waals surface area contributed by atoms with Crippen LogP contribution in [0.2, 0.25) is 5.02 Å². The summed E-state index contributed by atoms with van der Waals surface area (Å²) >= 11 is 6.29. The van der Waals surface area contributed by atoms with Crippen molar-refractivity contribution in [2.45, 2.75) is 44.8 Å². The maximum atomic E-state index is 12.7. The van der Waals surface area contributed by atoms with Crippen molar-refractivity contribution in [2.75, 3.05) is 11.9 Å². The molecule has 2 aromatic carbocycles. The average molecular weight is 484 g/mol. The summed E-state index contributed by atoms with van der Waals surface area (Å²) < 4.78 is 11.0. The minimum Gasteiger partial charge on any atom is -0.489 e. The minimum atomic E-state index is -0.822. The van der Waals surface area contributed by atoms with E-state index in [0.29, 0.717) is 34.3 Å². The van der Waals surface area contributed by atoms with Crippen molar-refractivity contribution in [3.8, 4) is 17.1 Å². The summed E-state index contributed by atoms with van der Waals surface area (Å²) in [6.45, 7) is 4.26. The summed E-state index contributed by atoms with van der Waals surface area (Å²) in [5.41, 5.74) is 2.35. The number of aliphatic carboxylic acids is 1. The summed E-state index contributed by atoms with van der Waals surface area (Å²) in [4.78, 5) is 23.4. The van der Waals surface area contributed by atoms with Gasteiger partial charge in [-0.05, 0) is 62.6 Å². The number of rotatable bonds is 10. The first-order valence-electron chi connectivity index (χ1n) is 11.1. The first-order chi connectivity index (χ1) is 16.3. The molecule has 0 atom stereocenters. The number of amides is 1. The molecule has 1 amide bonds. The number of benzene rings is 2. The normalized spacial score (nSPS) is 14.1. The predicted octanol–water partition coefficient (Wildman–Crippen LogP) is 5.09. The number of carbonyl (C=O) groups excluding carboxylic acids is 1. The summed E-state index contributed by atoms with van der Waals surface area (Å²) in [5.74, 6) is -0.222. The standard InChI is InChI=1S/C25H26ClN3O5/c1-15(2)33-21-8-3-16(13-19(21)26)22-14-20(29-34-22)24(32)28-18-6-4-17(5-7-18)25(10-11-25)27-12-9-23(30)31/h3-8,13-15,27H,9-12H2,1-2H3,(H,28,32)(H,30,31). The van der Waals surface area contributed by atoms with Crippen molar-refractivity contribution in [2.24, 2.45) is 0 Å². The van der Waals surface area contributed by atoms with E-state index < -0.39 is 11.9 Å². The fourth-order valence-electron chi connectivity index (χ4n) is 3.69. The Morgan fingerprint density at radius 3 is 2.53 bits per heavy atom. The van der Waals surface area contributed by atoms with Crippen LogP contribution in [0, 0.1) is 0 Å². The van der Waals surface area contributed by atoms with Gasteiger partial charge in [-0.25, -0.2) is 0 Å². The van der Waals surface area contributed by atoms with Gasteiger partial charge in [-0.15, -0.1) is 0 Å². The van der Waals surface area contributed by atoms with Gasteiger partial charge in [-0.2, -0.15) is 0 Å². The number of anilines is 1. The molecule has 0 spiro atoms. The van der Waals surface area contributed by atoms with Gasteiger partial charge in [0.05, 0.1) is 17.5 Å². The topological polar surface area (TPSA) is 114 Å². The van der Waals surface area contributed by atoms with Crippen LogP contribution in [-0.2, 0) is 10.3 Å². The minimum absolute atomic E-state index is 0.000926. The molecule has 0 radical (unpaired) electrons. The molecule has 1 aromatic heterocycles. The maximum absolute atomic E-state index is 12.7. The van der Waals surface area contributed by atoms with E-state index in [2.05, 4.69) is 15.8 Å². The molecule has 0 aliphatic heterocycles. The molecule has 1 fully saturated rings. The smallest absolute Gasteiger partial charge is 0.304 e. The molecule has 0 bridgehead atoms. The van der Waals surface area contributed by atoms with Gasteiger partial charge < -0.3 is 25.0 Å². The van der Waals surface area contributed by atoms with Crippen LogP contribution in [-0.4, -0.2) is 34.8 Å². The van der Waals surface area contributed by atoms with Crippen LogP contribution in [0.1, 0.15) is 49.2 Å². The van der Waals surface area contributed by atoms with E-state index in [1.165, 1.54) is 0 Å².